The summed E-state index contributed by atoms with van der Waals surface area (Å²) in [6.07, 6.45) is 2.73. The van der Waals surface area contributed by atoms with Crippen molar-refractivity contribution in [2.75, 3.05) is 26.2 Å². The fourth-order valence-electron chi connectivity index (χ4n) is 3.78. The van der Waals surface area contributed by atoms with Crippen LogP contribution in [0.15, 0.2) is 24.3 Å². The molecule has 0 aliphatic carbocycles. The van der Waals surface area contributed by atoms with E-state index in [9.17, 15) is 9.59 Å². The van der Waals surface area contributed by atoms with Crippen molar-refractivity contribution in [3.05, 3.63) is 35.4 Å². The molecule has 2 amide bonds. The van der Waals surface area contributed by atoms with Gasteiger partial charge < -0.3 is 15.5 Å². The second-order valence-electron chi connectivity index (χ2n) is 7.54. The molecule has 2 saturated heterocycles. The van der Waals surface area contributed by atoms with Crippen molar-refractivity contribution in [2.24, 2.45) is 11.8 Å². The van der Waals surface area contributed by atoms with Gasteiger partial charge in [-0.05, 0) is 57.3 Å². The predicted octanol–water partition coefficient (Wildman–Crippen LogP) is 1.96. The standard InChI is InChI=1S/C20H29N3O2/c1-14-5-7-16(8-6-14)20(25)23-11-3-4-17(13-23)19(24)22-18-9-10-21-12-15(18)2/h5-8,15,17-18,21H,3-4,9-13H2,1-2H3,(H,22,24). The highest BCUT2D eigenvalue weighted by molar-refractivity contribution is 5.94. The van der Waals surface area contributed by atoms with Crippen molar-refractivity contribution in [1.82, 2.24) is 15.5 Å². The molecule has 0 bridgehead atoms. The first-order chi connectivity index (χ1) is 12.0. The third-order valence-electron chi connectivity index (χ3n) is 5.49. The number of nitrogens with zero attached hydrogens (tertiary/aromatic N) is 1. The molecule has 2 aliphatic heterocycles. The Morgan fingerprint density at radius 2 is 1.96 bits per heavy atom. The highest BCUT2D eigenvalue weighted by Crippen LogP contribution is 2.20. The highest BCUT2D eigenvalue weighted by atomic mass is 16.2. The Hall–Kier alpha value is -1.88. The third-order valence-corrected chi connectivity index (χ3v) is 5.49. The van der Waals surface area contributed by atoms with Crippen molar-refractivity contribution < 1.29 is 9.59 Å². The monoisotopic (exact) mass is 343 g/mol. The highest BCUT2D eigenvalue weighted by Gasteiger charge is 2.31. The number of likely N-dealkylation sites (tertiary alicyclic amines) is 1. The lowest BCUT2D eigenvalue weighted by molar-refractivity contribution is -0.127. The van der Waals surface area contributed by atoms with Gasteiger partial charge in [0, 0.05) is 24.7 Å². The zero-order valence-corrected chi connectivity index (χ0v) is 15.3. The molecule has 0 spiro atoms. The zero-order chi connectivity index (χ0) is 17.8. The van der Waals surface area contributed by atoms with Crippen molar-refractivity contribution in [1.29, 1.82) is 0 Å². The molecule has 3 unspecified atom stereocenters. The molecule has 2 heterocycles. The van der Waals surface area contributed by atoms with Crippen LogP contribution < -0.4 is 10.6 Å². The largest absolute Gasteiger partial charge is 0.353 e. The topological polar surface area (TPSA) is 61.4 Å². The molecule has 2 fully saturated rings. The van der Waals surface area contributed by atoms with Crippen LogP contribution in [0.5, 0.6) is 0 Å². The molecule has 1 aromatic carbocycles. The number of amides is 2. The van der Waals surface area contributed by atoms with E-state index in [-0.39, 0.29) is 23.8 Å². The lowest BCUT2D eigenvalue weighted by Gasteiger charge is -2.35. The Morgan fingerprint density at radius 1 is 1.20 bits per heavy atom. The van der Waals surface area contributed by atoms with E-state index in [1.165, 1.54) is 0 Å². The molecule has 2 aliphatic rings. The number of hydrogen-bond acceptors (Lipinski definition) is 3. The average Bonchev–Trinajstić information content (AvgIpc) is 2.64. The number of benzene rings is 1. The van der Waals surface area contributed by atoms with Gasteiger partial charge >= 0.3 is 0 Å². The Bertz CT molecular complexity index is 614. The van der Waals surface area contributed by atoms with Gasteiger partial charge in [0.15, 0.2) is 0 Å². The molecule has 0 radical (unpaired) electrons. The maximum absolute atomic E-state index is 12.7. The molecule has 0 saturated carbocycles. The minimum Gasteiger partial charge on any atom is -0.353 e. The molecule has 3 atom stereocenters. The van der Waals surface area contributed by atoms with Crippen LogP contribution in [0.4, 0.5) is 0 Å². The first kappa shape index (κ1) is 17.9. The minimum atomic E-state index is -0.0924. The molecule has 1 aromatic rings. The van der Waals surface area contributed by atoms with Crippen LogP contribution in [0, 0.1) is 18.8 Å². The Kier molecular flexibility index (Phi) is 5.74. The van der Waals surface area contributed by atoms with Crippen LogP contribution in [-0.2, 0) is 4.79 Å². The van der Waals surface area contributed by atoms with Crippen molar-refractivity contribution in [2.45, 2.75) is 39.2 Å². The van der Waals surface area contributed by atoms with Crippen LogP contribution in [0.1, 0.15) is 42.1 Å². The van der Waals surface area contributed by atoms with Gasteiger partial charge in [-0.15, -0.1) is 0 Å². The summed E-state index contributed by atoms with van der Waals surface area (Å²) in [5.41, 5.74) is 1.85. The first-order valence-electron chi connectivity index (χ1n) is 9.41. The minimum absolute atomic E-state index is 0.0349. The number of carbonyl (C=O) groups is 2. The predicted molar refractivity (Wildman–Crippen MR) is 98.4 cm³/mol. The zero-order valence-electron chi connectivity index (χ0n) is 15.3. The Morgan fingerprint density at radius 3 is 2.68 bits per heavy atom. The van der Waals surface area contributed by atoms with E-state index in [0.29, 0.717) is 18.0 Å². The molecule has 2 N–H and O–H groups in total. The maximum Gasteiger partial charge on any atom is 0.253 e. The molecule has 5 nitrogen and oxygen atoms in total. The Labute approximate surface area is 150 Å². The summed E-state index contributed by atoms with van der Waals surface area (Å²) in [5, 5.41) is 6.59. The normalized spacial score (nSPS) is 27.0. The van der Waals surface area contributed by atoms with E-state index < -0.39 is 0 Å². The number of carbonyl (C=O) groups excluding carboxylic acids is 2. The SMILES string of the molecule is Cc1ccc(C(=O)N2CCCC(C(=O)NC3CCNCC3C)C2)cc1. The van der Waals surface area contributed by atoms with Crippen LogP contribution in [0.2, 0.25) is 0 Å². The molecule has 136 valence electrons. The number of piperidine rings is 2. The molecular weight excluding hydrogens is 314 g/mol. The number of hydrogen-bond donors (Lipinski definition) is 2. The molecule has 0 aromatic heterocycles. The molecule has 25 heavy (non-hydrogen) atoms. The maximum atomic E-state index is 12.7. The molecular formula is C20H29N3O2. The smallest absolute Gasteiger partial charge is 0.253 e. The lowest BCUT2D eigenvalue weighted by Crippen LogP contribution is -2.52. The Balaban J connectivity index is 1.59. The summed E-state index contributed by atoms with van der Waals surface area (Å²) in [6, 6.07) is 7.91. The van der Waals surface area contributed by atoms with E-state index in [1.54, 1.807) is 0 Å². The summed E-state index contributed by atoms with van der Waals surface area (Å²) < 4.78 is 0. The summed E-state index contributed by atoms with van der Waals surface area (Å²) in [4.78, 5) is 27.2. The second-order valence-corrected chi connectivity index (χ2v) is 7.54. The van der Waals surface area contributed by atoms with E-state index in [0.717, 1.165) is 44.5 Å². The van der Waals surface area contributed by atoms with Crippen LogP contribution >= 0.6 is 0 Å². The van der Waals surface area contributed by atoms with Crippen LogP contribution in [0.25, 0.3) is 0 Å². The fourth-order valence-corrected chi connectivity index (χ4v) is 3.78. The molecule has 3 rings (SSSR count). The van der Waals surface area contributed by atoms with Crippen LogP contribution in [-0.4, -0.2) is 48.9 Å². The van der Waals surface area contributed by atoms with Gasteiger partial charge in [0.2, 0.25) is 5.91 Å². The van der Waals surface area contributed by atoms with Gasteiger partial charge in [0.05, 0.1) is 5.92 Å². The summed E-state index contributed by atoms with van der Waals surface area (Å²) in [7, 11) is 0. The van der Waals surface area contributed by atoms with Crippen LogP contribution in [0.3, 0.4) is 0 Å². The van der Waals surface area contributed by atoms with Gasteiger partial charge in [-0.2, -0.15) is 0 Å². The quantitative estimate of drug-likeness (QED) is 0.882. The summed E-state index contributed by atoms with van der Waals surface area (Å²) in [5.74, 6) is 0.504. The van der Waals surface area contributed by atoms with Gasteiger partial charge in [0.1, 0.15) is 0 Å². The number of aryl methyl sites for hydroxylation is 1. The number of nitrogens with one attached hydrogen (secondary N) is 2. The summed E-state index contributed by atoms with van der Waals surface area (Å²) >= 11 is 0. The lowest BCUT2D eigenvalue weighted by atomic mass is 9.92. The summed E-state index contributed by atoms with van der Waals surface area (Å²) in [6.45, 7) is 7.35. The average molecular weight is 343 g/mol. The second kappa shape index (κ2) is 8.00. The van der Waals surface area contributed by atoms with Gasteiger partial charge in [0.25, 0.3) is 5.91 Å². The first-order valence-corrected chi connectivity index (χ1v) is 9.41. The van der Waals surface area contributed by atoms with Gasteiger partial charge in [-0.25, -0.2) is 0 Å². The number of rotatable bonds is 3. The van der Waals surface area contributed by atoms with E-state index in [2.05, 4.69) is 17.6 Å². The van der Waals surface area contributed by atoms with Gasteiger partial charge in [-0.1, -0.05) is 24.6 Å². The molecule has 5 heteroatoms. The third kappa shape index (κ3) is 4.40. The van der Waals surface area contributed by atoms with E-state index in [4.69, 9.17) is 0 Å². The van der Waals surface area contributed by atoms with Crippen molar-refractivity contribution >= 4 is 11.8 Å². The fraction of sp³-hybridized carbons (Fsp3) is 0.600. The van der Waals surface area contributed by atoms with Gasteiger partial charge in [-0.3, -0.25) is 9.59 Å². The van der Waals surface area contributed by atoms with Crippen molar-refractivity contribution in [3.63, 3.8) is 0 Å². The van der Waals surface area contributed by atoms with Crippen molar-refractivity contribution in [3.8, 4) is 0 Å². The van der Waals surface area contributed by atoms with E-state index in [1.807, 2.05) is 36.1 Å². The van der Waals surface area contributed by atoms with E-state index >= 15 is 0 Å².